The van der Waals surface area contributed by atoms with E-state index in [1.807, 2.05) is 0 Å². The van der Waals surface area contributed by atoms with E-state index < -0.39 is 16.0 Å². The molecule has 120 valence electrons. The van der Waals surface area contributed by atoms with Crippen molar-refractivity contribution >= 4 is 38.9 Å². The van der Waals surface area contributed by atoms with Gasteiger partial charge in [0.25, 0.3) is 10.0 Å². The summed E-state index contributed by atoms with van der Waals surface area (Å²) in [7, 11) is -2.42. The van der Waals surface area contributed by atoms with Gasteiger partial charge >= 0.3 is 5.97 Å². The van der Waals surface area contributed by atoms with E-state index in [0.29, 0.717) is 5.69 Å². The van der Waals surface area contributed by atoms with Crippen LogP contribution < -0.4 is 0 Å². The lowest BCUT2D eigenvalue weighted by Gasteiger charge is -2.20. The smallest absolute Gasteiger partial charge is 0.321 e. The van der Waals surface area contributed by atoms with Gasteiger partial charge in [-0.2, -0.15) is 4.31 Å². The van der Waals surface area contributed by atoms with Crippen LogP contribution in [0.5, 0.6) is 0 Å². The van der Waals surface area contributed by atoms with Crippen LogP contribution in [0.2, 0.25) is 4.47 Å². The molecule has 1 aromatic heterocycles. The normalized spacial score (nSPS) is 11.9. The molecule has 0 radical (unpaired) electrons. The molecule has 21 heavy (non-hydrogen) atoms. The lowest BCUT2D eigenvalue weighted by molar-refractivity contribution is -0.143. The molecule has 0 bridgehead atoms. The number of rotatable bonds is 8. The summed E-state index contributed by atoms with van der Waals surface area (Å²) in [5.41, 5.74) is 0.302. The first kappa shape index (κ1) is 18.3. The topological polar surface area (TPSA) is 85.8 Å². The second kappa shape index (κ2) is 8.04. The van der Waals surface area contributed by atoms with Crippen LogP contribution in [0.15, 0.2) is 4.21 Å². The highest BCUT2D eigenvalue weighted by molar-refractivity contribution is 7.91. The van der Waals surface area contributed by atoms with Crippen molar-refractivity contribution in [3.05, 3.63) is 10.2 Å². The van der Waals surface area contributed by atoms with Crippen LogP contribution in [0.25, 0.3) is 0 Å². The lowest BCUT2D eigenvalue weighted by atomic mass is 10.6. The summed E-state index contributed by atoms with van der Waals surface area (Å²) in [5, 5.41) is 0. The summed E-state index contributed by atoms with van der Waals surface area (Å²) in [6.45, 7) is 3.20. The van der Waals surface area contributed by atoms with Gasteiger partial charge in [0.1, 0.15) is 6.54 Å². The van der Waals surface area contributed by atoms with Crippen LogP contribution in [0.3, 0.4) is 0 Å². The summed E-state index contributed by atoms with van der Waals surface area (Å²) in [6.07, 6.45) is 0. The first-order chi connectivity index (χ1) is 9.82. The zero-order chi connectivity index (χ0) is 16.0. The Morgan fingerprint density at radius 2 is 2.14 bits per heavy atom. The Kier molecular flexibility index (Phi) is 7.01. The molecule has 1 heterocycles. The summed E-state index contributed by atoms with van der Waals surface area (Å²) < 4.78 is 36.0. The number of aromatic nitrogens is 1. The minimum atomic E-state index is -3.87. The van der Waals surface area contributed by atoms with E-state index in [9.17, 15) is 13.2 Å². The van der Waals surface area contributed by atoms with E-state index in [1.165, 1.54) is 7.11 Å². The molecule has 7 nitrogen and oxygen atoms in total. The summed E-state index contributed by atoms with van der Waals surface area (Å²) in [6, 6.07) is 0. The molecule has 0 atom stereocenters. The minimum Gasteiger partial charge on any atom is -0.465 e. The van der Waals surface area contributed by atoms with Crippen molar-refractivity contribution in [3.8, 4) is 0 Å². The van der Waals surface area contributed by atoms with Gasteiger partial charge in [-0.05, 0) is 13.8 Å². The van der Waals surface area contributed by atoms with Crippen molar-refractivity contribution in [2.45, 2.75) is 18.1 Å². The standard InChI is InChI=1S/C11H17ClN2O5S2/c1-4-19-9(15)7-14(5-6-18-3)21(16,17)10-8(2)13-11(12)20-10/h4-7H2,1-3H3. The van der Waals surface area contributed by atoms with Gasteiger partial charge < -0.3 is 9.47 Å². The van der Waals surface area contributed by atoms with Crippen LogP contribution >= 0.6 is 22.9 Å². The second-order valence-corrected chi connectivity index (χ2v) is 7.69. The number of carbonyl (C=O) groups excluding carboxylic acids is 1. The molecule has 0 amide bonds. The van der Waals surface area contributed by atoms with E-state index in [4.69, 9.17) is 21.1 Å². The third-order valence-corrected chi connectivity index (χ3v) is 6.15. The number of hydrogen-bond acceptors (Lipinski definition) is 7. The van der Waals surface area contributed by atoms with Crippen molar-refractivity contribution in [1.82, 2.24) is 9.29 Å². The molecule has 0 N–H and O–H groups in total. The Labute approximate surface area is 132 Å². The van der Waals surface area contributed by atoms with Crippen LogP contribution in [0.4, 0.5) is 0 Å². The van der Waals surface area contributed by atoms with Crippen LogP contribution in [-0.4, -0.2) is 57.1 Å². The molecule has 0 spiro atoms. The molecule has 1 rings (SSSR count). The third-order valence-electron chi connectivity index (χ3n) is 2.46. The number of hydrogen-bond donors (Lipinski definition) is 0. The Morgan fingerprint density at radius 3 is 2.62 bits per heavy atom. The van der Waals surface area contributed by atoms with E-state index in [0.717, 1.165) is 15.6 Å². The maximum atomic E-state index is 12.6. The van der Waals surface area contributed by atoms with Gasteiger partial charge in [0.2, 0.25) is 0 Å². The van der Waals surface area contributed by atoms with E-state index in [1.54, 1.807) is 13.8 Å². The van der Waals surface area contributed by atoms with Gasteiger partial charge in [-0.25, -0.2) is 13.4 Å². The molecule has 0 unspecified atom stereocenters. The molecular formula is C11H17ClN2O5S2. The number of nitrogens with zero attached hydrogens (tertiary/aromatic N) is 2. The molecule has 0 aliphatic carbocycles. The van der Waals surface area contributed by atoms with Crippen LogP contribution in [0.1, 0.15) is 12.6 Å². The maximum Gasteiger partial charge on any atom is 0.321 e. The molecule has 10 heteroatoms. The molecule has 0 saturated heterocycles. The zero-order valence-corrected chi connectivity index (χ0v) is 14.3. The second-order valence-electron chi connectivity index (χ2n) is 3.98. The Hall–Kier alpha value is -0.740. The Morgan fingerprint density at radius 1 is 1.48 bits per heavy atom. The van der Waals surface area contributed by atoms with Gasteiger partial charge in [-0.1, -0.05) is 22.9 Å². The highest BCUT2D eigenvalue weighted by Gasteiger charge is 2.30. The fourth-order valence-electron chi connectivity index (χ4n) is 1.54. The number of esters is 1. The molecule has 0 saturated carbocycles. The van der Waals surface area contributed by atoms with Crippen molar-refractivity contribution < 1.29 is 22.7 Å². The number of methoxy groups -OCH3 is 1. The summed E-state index contributed by atoms with van der Waals surface area (Å²) in [4.78, 5) is 15.5. The summed E-state index contributed by atoms with van der Waals surface area (Å²) >= 11 is 6.60. The monoisotopic (exact) mass is 356 g/mol. The first-order valence-electron chi connectivity index (χ1n) is 6.10. The molecule has 0 aliphatic heterocycles. The molecule has 1 aromatic rings. The molecular weight excluding hydrogens is 340 g/mol. The number of ether oxygens (including phenoxy) is 2. The number of aryl methyl sites for hydroxylation is 1. The SMILES string of the molecule is CCOC(=O)CN(CCOC)S(=O)(=O)c1sc(Cl)nc1C. The highest BCUT2D eigenvalue weighted by Crippen LogP contribution is 2.29. The van der Waals surface area contributed by atoms with Gasteiger partial charge in [0.05, 0.1) is 18.9 Å². The number of carbonyl (C=O) groups is 1. The Bertz CT molecular complexity index is 587. The third kappa shape index (κ3) is 4.89. The Balaban J connectivity index is 3.05. The fourth-order valence-corrected chi connectivity index (χ4v) is 4.78. The van der Waals surface area contributed by atoms with E-state index in [2.05, 4.69) is 4.98 Å². The highest BCUT2D eigenvalue weighted by atomic mass is 35.5. The molecule has 0 fully saturated rings. The number of thiazole rings is 1. The fraction of sp³-hybridized carbons (Fsp3) is 0.636. The largest absolute Gasteiger partial charge is 0.465 e. The maximum absolute atomic E-state index is 12.6. The average Bonchev–Trinajstić information content (AvgIpc) is 2.74. The zero-order valence-electron chi connectivity index (χ0n) is 12.0. The average molecular weight is 357 g/mol. The minimum absolute atomic E-state index is 0.0212. The van der Waals surface area contributed by atoms with Crippen molar-refractivity contribution in [2.24, 2.45) is 0 Å². The molecule has 0 aromatic carbocycles. The van der Waals surface area contributed by atoms with Crippen molar-refractivity contribution in [3.63, 3.8) is 0 Å². The predicted octanol–water partition coefficient (Wildman–Crippen LogP) is 1.31. The van der Waals surface area contributed by atoms with Gasteiger partial charge in [-0.15, -0.1) is 0 Å². The number of sulfonamides is 1. The number of halogens is 1. The van der Waals surface area contributed by atoms with E-state index in [-0.39, 0.29) is 35.0 Å². The van der Waals surface area contributed by atoms with Crippen molar-refractivity contribution in [2.75, 3.05) is 33.4 Å². The van der Waals surface area contributed by atoms with E-state index >= 15 is 0 Å². The first-order valence-corrected chi connectivity index (χ1v) is 8.74. The lowest BCUT2D eigenvalue weighted by Crippen LogP contribution is -2.38. The quantitative estimate of drug-likeness (QED) is 0.653. The van der Waals surface area contributed by atoms with Gasteiger partial charge in [0.15, 0.2) is 8.68 Å². The van der Waals surface area contributed by atoms with Gasteiger partial charge in [0, 0.05) is 13.7 Å². The van der Waals surface area contributed by atoms with Crippen LogP contribution in [0, 0.1) is 6.92 Å². The van der Waals surface area contributed by atoms with Gasteiger partial charge in [-0.3, -0.25) is 4.79 Å². The summed E-state index contributed by atoms with van der Waals surface area (Å²) in [5.74, 6) is -0.620. The van der Waals surface area contributed by atoms with Crippen LogP contribution in [-0.2, 0) is 24.3 Å². The van der Waals surface area contributed by atoms with Crippen molar-refractivity contribution in [1.29, 1.82) is 0 Å². The predicted molar refractivity (Wildman–Crippen MR) is 79.1 cm³/mol. The molecule has 0 aliphatic rings.